The van der Waals surface area contributed by atoms with E-state index in [1.807, 2.05) is 36.4 Å². The van der Waals surface area contributed by atoms with Gasteiger partial charge in [0.25, 0.3) is 0 Å². The first-order chi connectivity index (χ1) is 12.6. The lowest BCUT2D eigenvalue weighted by atomic mass is 10.1. The molecule has 1 aromatic carbocycles. The third-order valence-corrected chi connectivity index (χ3v) is 4.23. The van der Waals surface area contributed by atoms with Crippen LogP contribution >= 0.6 is 0 Å². The number of carboxylic acids is 1. The minimum absolute atomic E-state index is 0.111. The van der Waals surface area contributed by atoms with E-state index in [4.69, 9.17) is 5.11 Å². The highest BCUT2D eigenvalue weighted by molar-refractivity contribution is 5.91. The van der Waals surface area contributed by atoms with Gasteiger partial charge in [-0.1, -0.05) is 39.0 Å². The number of pyridine rings is 1. The van der Waals surface area contributed by atoms with E-state index < -0.39 is 5.97 Å². The van der Waals surface area contributed by atoms with Crippen LogP contribution in [-0.2, 0) is 11.3 Å². The molecule has 1 N–H and O–H groups in total. The number of aliphatic carboxylic acids is 1. The summed E-state index contributed by atoms with van der Waals surface area (Å²) in [5, 5.41) is 8.94. The summed E-state index contributed by atoms with van der Waals surface area (Å²) in [5.41, 5.74) is 3.25. The molecule has 0 aliphatic rings. The molecule has 0 spiro atoms. The van der Waals surface area contributed by atoms with Crippen LogP contribution in [0.5, 0.6) is 0 Å². The molecule has 0 fully saturated rings. The maximum atomic E-state index is 10.9. The van der Waals surface area contributed by atoms with E-state index in [0.29, 0.717) is 0 Å². The number of hydrogen-bond acceptors (Lipinski definition) is 4. The maximum absolute atomic E-state index is 10.9. The van der Waals surface area contributed by atoms with Gasteiger partial charge in [-0.25, -0.2) is 4.98 Å². The van der Waals surface area contributed by atoms with E-state index in [1.54, 1.807) is 17.1 Å². The second-order valence-electron chi connectivity index (χ2n) is 5.77. The van der Waals surface area contributed by atoms with Crippen LogP contribution in [0.4, 0.5) is 0 Å². The van der Waals surface area contributed by atoms with Crippen molar-refractivity contribution in [2.75, 3.05) is 19.6 Å². The first-order valence-electron chi connectivity index (χ1n) is 8.90. The number of carbonyl (C=O) groups is 1. The third kappa shape index (κ3) is 4.89. The van der Waals surface area contributed by atoms with Crippen molar-refractivity contribution < 1.29 is 9.90 Å². The first kappa shape index (κ1) is 19.6. The predicted molar refractivity (Wildman–Crippen MR) is 104 cm³/mol. The Balaban J connectivity index is 0.000000298. The number of imidazole rings is 1. The lowest BCUT2D eigenvalue weighted by Gasteiger charge is -2.13. The summed E-state index contributed by atoms with van der Waals surface area (Å²) in [7, 11) is 0. The molecule has 2 heterocycles. The van der Waals surface area contributed by atoms with Crippen molar-refractivity contribution in [2.45, 2.75) is 27.3 Å². The molecular weight excluding hydrogens is 328 g/mol. The number of hydrogen-bond donors (Lipinski definition) is 1. The second kappa shape index (κ2) is 9.68. The van der Waals surface area contributed by atoms with E-state index in [9.17, 15) is 4.79 Å². The summed E-state index contributed by atoms with van der Waals surface area (Å²) in [4.78, 5) is 21.8. The topological polar surface area (TPSA) is 71.2 Å². The van der Waals surface area contributed by atoms with Crippen molar-refractivity contribution in [3.8, 4) is 11.3 Å². The number of aromatic nitrogens is 3. The Morgan fingerprint density at radius 3 is 2.31 bits per heavy atom. The summed E-state index contributed by atoms with van der Waals surface area (Å²) in [6.45, 7) is 10.0. The van der Waals surface area contributed by atoms with Crippen LogP contribution in [0.3, 0.4) is 0 Å². The Hall–Kier alpha value is -2.73. The zero-order valence-corrected chi connectivity index (χ0v) is 15.6. The van der Waals surface area contributed by atoms with Gasteiger partial charge in [-0.15, -0.1) is 0 Å². The predicted octanol–water partition coefficient (Wildman–Crippen LogP) is 3.53. The monoisotopic (exact) mass is 354 g/mol. The second-order valence-corrected chi connectivity index (χ2v) is 5.77. The van der Waals surface area contributed by atoms with Crippen LogP contribution in [0, 0.1) is 0 Å². The molecule has 0 saturated heterocycles. The number of para-hydroxylation sites is 1. The van der Waals surface area contributed by atoms with E-state index in [2.05, 4.69) is 35.6 Å². The minimum Gasteiger partial charge on any atom is -0.480 e. The average Bonchev–Trinajstić information content (AvgIpc) is 3.07. The van der Waals surface area contributed by atoms with Crippen LogP contribution in [0.25, 0.3) is 22.3 Å². The fourth-order valence-corrected chi connectivity index (χ4v) is 2.79. The van der Waals surface area contributed by atoms with Gasteiger partial charge in [-0.2, -0.15) is 0 Å². The van der Waals surface area contributed by atoms with Crippen molar-refractivity contribution in [3.05, 3.63) is 48.9 Å². The van der Waals surface area contributed by atoms with Gasteiger partial charge in [0, 0.05) is 11.8 Å². The number of rotatable bonds is 6. The highest BCUT2D eigenvalue weighted by Gasteiger charge is 2.11. The van der Waals surface area contributed by atoms with Gasteiger partial charge in [0.2, 0.25) is 0 Å². The lowest BCUT2D eigenvalue weighted by molar-refractivity contribution is -0.137. The van der Waals surface area contributed by atoms with Gasteiger partial charge in [-0.05, 0) is 37.8 Å². The molecule has 0 aliphatic carbocycles. The largest absolute Gasteiger partial charge is 0.480 e. The number of nitrogens with zero attached hydrogens (tertiary/aromatic N) is 4. The molecule has 3 rings (SSSR count). The quantitative estimate of drug-likeness (QED) is 0.733. The molecule has 0 radical (unpaired) electrons. The van der Waals surface area contributed by atoms with Gasteiger partial charge in [0.1, 0.15) is 6.54 Å². The van der Waals surface area contributed by atoms with Crippen molar-refractivity contribution in [3.63, 3.8) is 0 Å². The lowest BCUT2D eigenvalue weighted by Crippen LogP contribution is -2.21. The van der Waals surface area contributed by atoms with E-state index in [-0.39, 0.29) is 6.54 Å². The molecule has 6 heteroatoms. The number of benzene rings is 1. The molecular formula is C20H26N4O2. The van der Waals surface area contributed by atoms with Crippen LogP contribution < -0.4 is 0 Å². The number of carboxylic acid groups (broad SMARTS) is 1. The van der Waals surface area contributed by atoms with Crippen LogP contribution in [0.15, 0.2) is 48.9 Å². The first-order valence-corrected chi connectivity index (χ1v) is 8.90. The van der Waals surface area contributed by atoms with Crippen molar-refractivity contribution in [1.29, 1.82) is 0 Å². The Labute approximate surface area is 154 Å². The van der Waals surface area contributed by atoms with E-state index >= 15 is 0 Å². The van der Waals surface area contributed by atoms with Crippen molar-refractivity contribution in [2.24, 2.45) is 0 Å². The standard InChI is InChI=1S/C14H11N3O2.C6H15N/c18-13(19)8-17-9-16-12-6-3-4-10(14(12)17)11-5-1-2-7-15-11;1-4-7(5-2)6-3/h1-7,9H,8H2,(H,18,19);4-6H2,1-3H3. The molecule has 26 heavy (non-hydrogen) atoms. The van der Waals surface area contributed by atoms with Gasteiger partial charge in [0.05, 0.1) is 23.1 Å². The van der Waals surface area contributed by atoms with Crippen molar-refractivity contribution in [1.82, 2.24) is 19.4 Å². The van der Waals surface area contributed by atoms with Crippen LogP contribution in [0.1, 0.15) is 20.8 Å². The summed E-state index contributed by atoms with van der Waals surface area (Å²) < 4.78 is 1.63. The molecule has 0 saturated carbocycles. The van der Waals surface area contributed by atoms with Crippen LogP contribution in [-0.4, -0.2) is 50.1 Å². The Bertz CT molecular complexity index is 821. The summed E-state index contributed by atoms with van der Waals surface area (Å²) in [6.07, 6.45) is 3.26. The molecule has 3 aromatic rings. The third-order valence-electron chi connectivity index (χ3n) is 4.23. The van der Waals surface area contributed by atoms with Gasteiger partial charge < -0.3 is 14.6 Å². The summed E-state index contributed by atoms with van der Waals surface area (Å²) >= 11 is 0. The Morgan fingerprint density at radius 1 is 1.04 bits per heavy atom. The zero-order valence-electron chi connectivity index (χ0n) is 15.6. The highest BCUT2D eigenvalue weighted by atomic mass is 16.4. The normalized spacial score (nSPS) is 10.6. The average molecular weight is 354 g/mol. The zero-order chi connectivity index (χ0) is 18.9. The van der Waals surface area contributed by atoms with Crippen LogP contribution in [0.2, 0.25) is 0 Å². The molecule has 6 nitrogen and oxygen atoms in total. The molecule has 0 bridgehead atoms. The fourth-order valence-electron chi connectivity index (χ4n) is 2.79. The highest BCUT2D eigenvalue weighted by Crippen LogP contribution is 2.26. The smallest absolute Gasteiger partial charge is 0.323 e. The van der Waals surface area contributed by atoms with E-state index in [1.165, 1.54) is 19.6 Å². The summed E-state index contributed by atoms with van der Waals surface area (Å²) in [6, 6.07) is 11.3. The molecule has 0 atom stereocenters. The molecule has 0 aliphatic heterocycles. The maximum Gasteiger partial charge on any atom is 0.323 e. The molecule has 0 unspecified atom stereocenters. The molecule has 2 aromatic heterocycles. The minimum atomic E-state index is -0.893. The number of fused-ring (bicyclic) bond motifs is 1. The van der Waals surface area contributed by atoms with E-state index in [0.717, 1.165) is 22.3 Å². The SMILES string of the molecule is CCN(CC)CC.O=C(O)Cn1cnc2cccc(-c3ccccn3)c21. The fraction of sp³-hybridized carbons (Fsp3) is 0.350. The molecule has 0 amide bonds. The Morgan fingerprint density at radius 2 is 1.77 bits per heavy atom. The van der Waals surface area contributed by atoms with Crippen molar-refractivity contribution >= 4 is 17.0 Å². The summed E-state index contributed by atoms with van der Waals surface area (Å²) in [5.74, 6) is -0.893. The molecule has 138 valence electrons. The van der Waals surface area contributed by atoms with Gasteiger partial charge >= 0.3 is 5.97 Å². The van der Waals surface area contributed by atoms with Gasteiger partial charge in [0.15, 0.2) is 0 Å². The van der Waals surface area contributed by atoms with Gasteiger partial charge in [-0.3, -0.25) is 9.78 Å². The Kier molecular flexibility index (Phi) is 7.29.